The first kappa shape index (κ1) is 17.1. The van der Waals surface area contributed by atoms with Crippen molar-refractivity contribution in [3.8, 4) is 0 Å². The van der Waals surface area contributed by atoms with E-state index < -0.39 is 0 Å². The van der Waals surface area contributed by atoms with Crippen LogP contribution >= 0.6 is 11.8 Å². The lowest BCUT2D eigenvalue weighted by Gasteiger charge is -2.28. The number of aromatic nitrogens is 3. The van der Waals surface area contributed by atoms with Gasteiger partial charge >= 0.3 is 0 Å². The largest absolute Gasteiger partial charge is 0.440 e. The summed E-state index contributed by atoms with van der Waals surface area (Å²) in [6, 6.07) is 7.81. The predicted octanol–water partition coefficient (Wildman–Crippen LogP) is 3.32. The third-order valence-corrected chi connectivity index (χ3v) is 6.15. The molecular weight excluding hydrogens is 348 g/mol. The number of carbonyl (C=O) groups excluding carboxylic acids is 1. The molecule has 0 spiro atoms. The minimum absolute atomic E-state index is 0.0169. The monoisotopic (exact) mass is 370 g/mol. The number of nitrogens with zero attached hydrogens (tertiary/aromatic N) is 3. The molecule has 3 aromatic rings. The average molecular weight is 370 g/mol. The van der Waals surface area contributed by atoms with Gasteiger partial charge in [-0.2, -0.15) is 0 Å². The molecule has 4 rings (SSSR count). The summed E-state index contributed by atoms with van der Waals surface area (Å²) in [5.74, 6) is 0.458. The molecule has 1 saturated carbocycles. The second kappa shape index (κ2) is 7.53. The summed E-state index contributed by atoms with van der Waals surface area (Å²) < 4.78 is 7.68. The van der Waals surface area contributed by atoms with Crippen LogP contribution in [-0.4, -0.2) is 31.7 Å². The van der Waals surface area contributed by atoms with Gasteiger partial charge in [-0.15, -0.1) is 0 Å². The summed E-state index contributed by atoms with van der Waals surface area (Å²) in [6.45, 7) is 0. The van der Waals surface area contributed by atoms with Crippen LogP contribution in [0.1, 0.15) is 31.6 Å². The van der Waals surface area contributed by atoms with Crippen molar-refractivity contribution < 1.29 is 9.21 Å². The number of hydrogen-bond acceptors (Lipinski definition) is 5. The number of imidazole rings is 1. The Kier molecular flexibility index (Phi) is 4.97. The molecule has 6 nitrogen and oxygen atoms in total. The lowest BCUT2D eigenvalue weighted by atomic mass is 9.95. The van der Waals surface area contributed by atoms with Gasteiger partial charge in [0, 0.05) is 30.7 Å². The van der Waals surface area contributed by atoms with E-state index in [4.69, 9.17) is 4.42 Å². The van der Waals surface area contributed by atoms with Gasteiger partial charge in [-0.1, -0.05) is 23.9 Å². The molecular formula is C19H22N4O2S. The zero-order valence-corrected chi connectivity index (χ0v) is 15.5. The Hall–Kier alpha value is -2.28. The van der Waals surface area contributed by atoms with E-state index in [1.54, 1.807) is 0 Å². The fourth-order valence-electron chi connectivity index (χ4n) is 3.35. The molecule has 2 aromatic heterocycles. The van der Waals surface area contributed by atoms with Crippen LogP contribution < -0.4 is 5.32 Å². The molecule has 0 bridgehead atoms. The second-order valence-corrected chi connectivity index (χ2v) is 8.00. The maximum absolute atomic E-state index is 12.3. The van der Waals surface area contributed by atoms with Crippen LogP contribution in [0.25, 0.3) is 11.1 Å². The number of para-hydroxylation sites is 2. The number of rotatable bonds is 5. The van der Waals surface area contributed by atoms with Crippen molar-refractivity contribution in [1.29, 1.82) is 0 Å². The fraction of sp³-hybridized carbons (Fsp3) is 0.421. The Morgan fingerprint density at radius 2 is 2.12 bits per heavy atom. The van der Waals surface area contributed by atoms with E-state index in [1.807, 2.05) is 55.5 Å². The smallest absolute Gasteiger partial charge is 0.229 e. The zero-order valence-electron chi connectivity index (χ0n) is 14.7. The number of hydrogen-bond donors (Lipinski definition) is 1. The van der Waals surface area contributed by atoms with Crippen LogP contribution in [0.2, 0.25) is 0 Å². The van der Waals surface area contributed by atoms with Crippen LogP contribution in [0.5, 0.6) is 0 Å². The van der Waals surface area contributed by atoms with Crippen molar-refractivity contribution >= 4 is 28.8 Å². The molecule has 0 unspecified atom stereocenters. The number of thioether (sulfide) groups is 1. The number of amides is 1. The maximum Gasteiger partial charge on any atom is 0.229 e. The summed E-state index contributed by atoms with van der Waals surface area (Å²) in [5, 5.41) is 4.77. The fourth-order valence-corrected chi connectivity index (χ4v) is 4.51. The van der Waals surface area contributed by atoms with Crippen molar-refractivity contribution in [2.24, 2.45) is 7.05 Å². The molecule has 0 radical (unpaired) electrons. The van der Waals surface area contributed by atoms with Gasteiger partial charge in [-0.25, -0.2) is 9.97 Å². The first-order valence-corrected chi connectivity index (χ1v) is 9.83. The predicted molar refractivity (Wildman–Crippen MR) is 101 cm³/mol. The average Bonchev–Trinajstić information content (AvgIpc) is 3.22. The van der Waals surface area contributed by atoms with Crippen molar-refractivity contribution in [2.75, 3.05) is 0 Å². The molecule has 0 saturated heterocycles. The minimum Gasteiger partial charge on any atom is -0.440 e. The number of aryl methyl sites for hydroxylation is 1. The maximum atomic E-state index is 12.3. The van der Waals surface area contributed by atoms with Gasteiger partial charge in [-0.3, -0.25) is 4.79 Å². The summed E-state index contributed by atoms with van der Waals surface area (Å²) in [6.07, 6.45) is 8.18. The van der Waals surface area contributed by atoms with Crippen molar-refractivity contribution in [3.05, 3.63) is 42.5 Å². The molecule has 1 N–H and O–H groups in total. The van der Waals surface area contributed by atoms with E-state index in [9.17, 15) is 4.79 Å². The van der Waals surface area contributed by atoms with Gasteiger partial charge in [0.2, 0.25) is 11.8 Å². The van der Waals surface area contributed by atoms with E-state index >= 15 is 0 Å². The van der Waals surface area contributed by atoms with E-state index in [-0.39, 0.29) is 18.4 Å². The van der Waals surface area contributed by atoms with Crippen molar-refractivity contribution in [3.63, 3.8) is 0 Å². The third kappa shape index (κ3) is 3.93. The number of benzene rings is 1. The molecule has 0 aliphatic heterocycles. The van der Waals surface area contributed by atoms with Gasteiger partial charge in [0.1, 0.15) is 11.9 Å². The highest BCUT2D eigenvalue weighted by atomic mass is 32.2. The van der Waals surface area contributed by atoms with Crippen LogP contribution in [0, 0.1) is 0 Å². The molecule has 136 valence electrons. The lowest BCUT2D eigenvalue weighted by Crippen LogP contribution is -2.39. The first-order valence-electron chi connectivity index (χ1n) is 8.95. The highest BCUT2D eigenvalue weighted by molar-refractivity contribution is 7.99. The molecule has 2 heterocycles. The van der Waals surface area contributed by atoms with Gasteiger partial charge in [0.25, 0.3) is 0 Å². The topological polar surface area (TPSA) is 73.0 Å². The first-order chi connectivity index (χ1) is 12.7. The summed E-state index contributed by atoms with van der Waals surface area (Å²) >= 11 is 1.84. The van der Waals surface area contributed by atoms with E-state index in [0.717, 1.165) is 41.9 Å². The van der Waals surface area contributed by atoms with Crippen LogP contribution in [-0.2, 0) is 18.3 Å². The Morgan fingerprint density at radius 1 is 1.31 bits per heavy atom. The molecule has 1 fully saturated rings. The SMILES string of the molecule is Cn1ccnc1SC1CCC(NC(=O)Cc2nc3ccccc3o2)CC1. The molecule has 0 atom stereocenters. The van der Waals surface area contributed by atoms with Crippen molar-refractivity contribution in [2.45, 2.75) is 48.6 Å². The summed E-state index contributed by atoms with van der Waals surface area (Å²) in [4.78, 5) is 21.1. The summed E-state index contributed by atoms with van der Waals surface area (Å²) in [7, 11) is 2.02. The molecule has 1 aliphatic rings. The van der Waals surface area contributed by atoms with Crippen LogP contribution in [0.15, 0.2) is 46.2 Å². The number of fused-ring (bicyclic) bond motifs is 1. The number of carbonyl (C=O) groups is 1. The normalized spacial score (nSPS) is 20.3. The van der Waals surface area contributed by atoms with Crippen LogP contribution in [0.4, 0.5) is 0 Å². The van der Waals surface area contributed by atoms with Crippen LogP contribution in [0.3, 0.4) is 0 Å². The van der Waals surface area contributed by atoms with E-state index in [0.29, 0.717) is 11.1 Å². The van der Waals surface area contributed by atoms with E-state index in [1.165, 1.54) is 0 Å². The standard InChI is InChI=1S/C19H22N4O2S/c1-23-11-10-20-19(23)26-14-8-6-13(7-9-14)21-17(24)12-18-22-15-4-2-3-5-16(15)25-18/h2-5,10-11,13-14H,6-9,12H2,1H3,(H,21,24). The quantitative estimate of drug-likeness (QED) is 0.746. The third-order valence-electron chi connectivity index (χ3n) is 4.74. The number of oxazole rings is 1. The zero-order chi connectivity index (χ0) is 17.9. The summed E-state index contributed by atoms with van der Waals surface area (Å²) in [5.41, 5.74) is 1.52. The molecule has 1 aliphatic carbocycles. The molecule has 1 aromatic carbocycles. The minimum atomic E-state index is -0.0169. The van der Waals surface area contributed by atoms with Gasteiger partial charge < -0.3 is 14.3 Å². The van der Waals surface area contributed by atoms with Gasteiger partial charge in [-0.05, 0) is 37.8 Å². The van der Waals surface area contributed by atoms with E-state index in [2.05, 4.69) is 19.9 Å². The number of nitrogens with one attached hydrogen (secondary N) is 1. The highest BCUT2D eigenvalue weighted by Gasteiger charge is 2.24. The Morgan fingerprint density at radius 3 is 2.85 bits per heavy atom. The van der Waals surface area contributed by atoms with Crippen molar-refractivity contribution in [1.82, 2.24) is 19.9 Å². The van der Waals surface area contributed by atoms with Gasteiger partial charge in [0.05, 0.1) is 0 Å². The highest BCUT2D eigenvalue weighted by Crippen LogP contribution is 2.32. The lowest BCUT2D eigenvalue weighted by molar-refractivity contribution is -0.121. The molecule has 7 heteroatoms. The Balaban J connectivity index is 1.26. The molecule has 1 amide bonds. The Bertz CT molecular complexity index is 863. The van der Waals surface area contributed by atoms with Gasteiger partial charge in [0.15, 0.2) is 10.7 Å². The second-order valence-electron chi connectivity index (χ2n) is 6.73. The molecule has 26 heavy (non-hydrogen) atoms. The Labute approximate surface area is 156 Å².